The second-order valence-electron chi connectivity index (χ2n) is 9.16. The molecule has 2 unspecified atom stereocenters. The molecule has 2 aliphatic heterocycles. The first-order valence-electron chi connectivity index (χ1n) is 10.8. The summed E-state index contributed by atoms with van der Waals surface area (Å²) in [6.45, 7) is -2.29. The Morgan fingerprint density at radius 1 is 0.765 bits per heavy atom. The van der Waals surface area contributed by atoms with Gasteiger partial charge in [-0.25, -0.2) is 17.6 Å². The molecule has 0 radical (unpaired) electrons. The zero-order valence-corrected chi connectivity index (χ0v) is 17.8. The number of carbonyl (C=O) groups is 1. The molecule has 2 aliphatic rings. The summed E-state index contributed by atoms with van der Waals surface area (Å²) in [5, 5.41) is 15.1. The molecule has 7 nitrogen and oxygen atoms in total. The van der Waals surface area contributed by atoms with Crippen molar-refractivity contribution in [2.24, 2.45) is 0 Å². The molecule has 0 saturated carbocycles. The van der Waals surface area contributed by atoms with Gasteiger partial charge >= 0.3 is 0 Å². The van der Waals surface area contributed by atoms with Crippen LogP contribution in [0.3, 0.4) is 0 Å². The Kier molecular flexibility index (Phi) is 4.59. The van der Waals surface area contributed by atoms with Crippen LogP contribution in [0, 0.1) is 0 Å². The van der Waals surface area contributed by atoms with E-state index in [2.05, 4.69) is 20.4 Å². The number of ketones is 1. The van der Waals surface area contributed by atoms with Crippen molar-refractivity contribution in [3.05, 3.63) is 59.9 Å². The van der Waals surface area contributed by atoms with Crippen LogP contribution in [0.5, 0.6) is 0 Å². The number of hydrogen-bond acceptors (Lipinski definition) is 5. The molecule has 2 saturated heterocycles. The van der Waals surface area contributed by atoms with E-state index in [9.17, 15) is 22.4 Å². The molecule has 2 aromatic carbocycles. The largest absolute Gasteiger partial charge is 0.295 e. The summed E-state index contributed by atoms with van der Waals surface area (Å²) in [5.41, 5.74) is 2.54. The molecule has 11 heteroatoms. The number of nitrogens with zero attached hydrogens (tertiary/aromatic N) is 4. The second-order valence-corrected chi connectivity index (χ2v) is 9.16. The summed E-state index contributed by atoms with van der Waals surface area (Å²) in [5.74, 6) is -6.21. The van der Waals surface area contributed by atoms with E-state index in [4.69, 9.17) is 0 Å². The van der Waals surface area contributed by atoms with E-state index in [0.717, 1.165) is 21.8 Å². The van der Waals surface area contributed by atoms with Crippen LogP contribution >= 0.6 is 0 Å². The van der Waals surface area contributed by atoms with Gasteiger partial charge in [-0.1, -0.05) is 12.1 Å². The number of alkyl halides is 4. The monoisotopic (exact) mass is 472 g/mol. The summed E-state index contributed by atoms with van der Waals surface area (Å²) in [4.78, 5) is 16.9. The number of aromatic amines is 2. The summed E-state index contributed by atoms with van der Waals surface area (Å²) in [7, 11) is 0. The number of fused-ring (bicyclic) bond motifs is 2. The number of rotatable bonds is 6. The molecule has 0 aliphatic carbocycles. The maximum Gasteiger partial charge on any atom is 0.273 e. The minimum Gasteiger partial charge on any atom is -0.295 e. The number of nitrogens with one attached hydrogen (secondary N) is 2. The Morgan fingerprint density at radius 3 is 1.56 bits per heavy atom. The van der Waals surface area contributed by atoms with E-state index in [1.165, 1.54) is 9.80 Å². The van der Waals surface area contributed by atoms with Crippen molar-refractivity contribution < 1.29 is 22.4 Å². The van der Waals surface area contributed by atoms with Gasteiger partial charge in [-0.3, -0.25) is 24.8 Å². The van der Waals surface area contributed by atoms with Gasteiger partial charge in [0.15, 0.2) is 5.78 Å². The molecule has 2 atom stereocenters. The lowest BCUT2D eigenvalue weighted by Crippen LogP contribution is -2.62. The number of halogens is 4. The summed E-state index contributed by atoms with van der Waals surface area (Å²) < 4.78 is 55.4. The van der Waals surface area contributed by atoms with Crippen LogP contribution < -0.4 is 0 Å². The lowest BCUT2D eigenvalue weighted by Gasteiger charge is -2.47. The topological polar surface area (TPSA) is 80.9 Å². The number of H-pyrrole nitrogens is 2. The SMILES string of the molecule is O=C(C(c1ccc2[nH]ncc2c1)N1CC(F)(F)C1)C(c1ccc2[nH]ncc2c1)N1CC(F)(F)C1. The fourth-order valence-corrected chi connectivity index (χ4v) is 4.98. The molecule has 0 amide bonds. The van der Waals surface area contributed by atoms with Crippen LogP contribution in [0.1, 0.15) is 23.2 Å². The van der Waals surface area contributed by atoms with Gasteiger partial charge in [0, 0.05) is 10.8 Å². The fraction of sp³-hybridized carbons (Fsp3) is 0.348. The van der Waals surface area contributed by atoms with E-state index < -0.39 is 55.9 Å². The highest BCUT2D eigenvalue weighted by molar-refractivity contribution is 5.93. The van der Waals surface area contributed by atoms with E-state index in [1.807, 2.05) is 0 Å². The number of hydrogen-bond donors (Lipinski definition) is 2. The molecule has 176 valence electrons. The van der Waals surface area contributed by atoms with Crippen molar-refractivity contribution in [2.75, 3.05) is 26.2 Å². The van der Waals surface area contributed by atoms with Crippen molar-refractivity contribution in [3.63, 3.8) is 0 Å². The highest BCUT2D eigenvalue weighted by Crippen LogP contribution is 2.42. The van der Waals surface area contributed by atoms with Crippen molar-refractivity contribution in [1.29, 1.82) is 0 Å². The standard InChI is InChI=1S/C23H20F4N6O/c24-22(25)9-32(10-22)19(13-1-3-17-15(5-13)7-28-30-17)21(34)20(33-11-23(26,27)12-33)14-2-4-18-16(6-14)8-29-31-18/h1-8,19-20H,9-12H2,(H,28,30)(H,29,31). The van der Waals surface area contributed by atoms with Gasteiger partial charge in [0.1, 0.15) is 0 Å². The van der Waals surface area contributed by atoms with E-state index >= 15 is 0 Å². The number of benzene rings is 2. The average Bonchev–Trinajstić information content (AvgIpc) is 3.40. The van der Waals surface area contributed by atoms with Crippen LogP contribution in [0.25, 0.3) is 21.8 Å². The molecular formula is C23H20F4N6O. The Balaban J connectivity index is 1.42. The Bertz CT molecular complexity index is 1280. The second kappa shape index (κ2) is 7.34. The van der Waals surface area contributed by atoms with Crippen molar-refractivity contribution in [1.82, 2.24) is 30.2 Å². The third-order valence-corrected chi connectivity index (χ3v) is 6.57. The maximum atomic E-state index is 14.1. The van der Waals surface area contributed by atoms with Gasteiger partial charge in [-0.05, 0) is 35.4 Å². The molecule has 4 heterocycles. The van der Waals surface area contributed by atoms with E-state index in [0.29, 0.717) is 11.1 Å². The van der Waals surface area contributed by atoms with Crippen LogP contribution in [-0.2, 0) is 4.79 Å². The predicted octanol–water partition coefficient (Wildman–Crippen LogP) is 3.69. The quantitative estimate of drug-likeness (QED) is 0.419. The predicted molar refractivity (Wildman–Crippen MR) is 116 cm³/mol. The molecule has 34 heavy (non-hydrogen) atoms. The van der Waals surface area contributed by atoms with Crippen molar-refractivity contribution >= 4 is 27.6 Å². The van der Waals surface area contributed by atoms with E-state index in [-0.39, 0.29) is 0 Å². The maximum absolute atomic E-state index is 14.1. The number of likely N-dealkylation sites (tertiary alicyclic amines) is 2. The Morgan fingerprint density at radius 2 is 1.18 bits per heavy atom. The third-order valence-electron chi connectivity index (χ3n) is 6.57. The highest BCUT2D eigenvalue weighted by atomic mass is 19.3. The molecule has 0 bridgehead atoms. The molecule has 0 spiro atoms. The molecule has 2 N–H and O–H groups in total. The Hall–Kier alpha value is -3.31. The third kappa shape index (κ3) is 3.55. The molecule has 2 fully saturated rings. The first kappa shape index (κ1) is 21.2. The van der Waals surface area contributed by atoms with Gasteiger partial charge < -0.3 is 0 Å². The molecule has 2 aromatic heterocycles. The first-order chi connectivity index (χ1) is 16.2. The minimum atomic E-state index is -2.90. The van der Waals surface area contributed by atoms with Gasteiger partial charge in [-0.2, -0.15) is 10.2 Å². The molecule has 4 aromatic rings. The minimum absolute atomic E-state index is 0.420. The smallest absolute Gasteiger partial charge is 0.273 e. The zero-order valence-electron chi connectivity index (χ0n) is 17.8. The number of aromatic nitrogens is 4. The Labute approximate surface area is 190 Å². The lowest BCUT2D eigenvalue weighted by molar-refractivity contribution is -0.173. The van der Waals surface area contributed by atoms with Crippen LogP contribution in [0.15, 0.2) is 48.8 Å². The number of Topliss-reactive ketones (excluding diaryl/α,β-unsaturated/α-hetero) is 1. The van der Waals surface area contributed by atoms with Crippen LogP contribution in [-0.4, -0.2) is 74.0 Å². The van der Waals surface area contributed by atoms with Gasteiger partial charge in [0.05, 0.1) is 61.7 Å². The summed E-state index contributed by atoms with van der Waals surface area (Å²) >= 11 is 0. The van der Waals surface area contributed by atoms with Gasteiger partial charge in [0.2, 0.25) is 0 Å². The summed E-state index contributed by atoms with van der Waals surface area (Å²) in [6.07, 6.45) is 3.18. The molecule has 6 rings (SSSR count). The summed E-state index contributed by atoms with van der Waals surface area (Å²) in [6, 6.07) is 8.30. The highest BCUT2D eigenvalue weighted by Gasteiger charge is 2.53. The first-order valence-corrected chi connectivity index (χ1v) is 10.8. The lowest BCUT2D eigenvalue weighted by atomic mass is 9.87. The normalized spacial score (nSPS) is 21.8. The van der Waals surface area contributed by atoms with E-state index in [1.54, 1.807) is 48.8 Å². The van der Waals surface area contributed by atoms with Gasteiger partial charge in [-0.15, -0.1) is 0 Å². The average molecular weight is 472 g/mol. The van der Waals surface area contributed by atoms with Crippen LogP contribution in [0.2, 0.25) is 0 Å². The van der Waals surface area contributed by atoms with Gasteiger partial charge in [0.25, 0.3) is 11.8 Å². The van der Waals surface area contributed by atoms with Crippen LogP contribution in [0.4, 0.5) is 17.6 Å². The van der Waals surface area contributed by atoms with Crippen molar-refractivity contribution in [2.45, 2.75) is 23.9 Å². The number of carbonyl (C=O) groups excluding carboxylic acids is 1. The fourth-order valence-electron chi connectivity index (χ4n) is 4.98. The molecular weight excluding hydrogens is 452 g/mol. The van der Waals surface area contributed by atoms with Crippen molar-refractivity contribution in [3.8, 4) is 0 Å². The zero-order chi connectivity index (χ0) is 23.7.